The van der Waals surface area contributed by atoms with Crippen LogP contribution in [-0.2, 0) is 23.8 Å². The van der Waals surface area contributed by atoms with Gasteiger partial charge in [0.2, 0.25) is 0 Å². The Hall–Kier alpha value is -4.92. The quantitative estimate of drug-likeness (QED) is 0.278. The first-order chi connectivity index (χ1) is 22.5. The molecule has 14 nitrogen and oxygen atoms in total. The summed E-state index contributed by atoms with van der Waals surface area (Å²) in [6.07, 6.45) is 0.266. The molecule has 0 bridgehead atoms. The fourth-order valence-corrected chi connectivity index (χ4v) is 6.76. The van der Waals surface area contributed by atoms with Crippen LogP contribution in [0.15, 0.2) is 73.3 Å². The van der Waals surface area contributed by atoms with Gasteiger partial charge >= 0.3 is 12.0 Å². The Bertz CT molecular complexity index is 1790. The molecule has 2 aromatic carbocycles. The van der Waals surface area contributed by atoms with Gasteiger partial charge in [-0.2, -0.15) is 0 Å². The number of urea groups is 1. The maximum atomic E-state index is 13.8. The van der Waals surface area contributed by atoms with E-state index < -0.39 is 54.8 Å². The zero-order valence-electron chi connectivity index (χ0n) is 24.5. The lowest BCUT2D eigenvalue weighted by Gasteiger charge is -2.27. The smallest absolute Gasteiger partial charge is 0.326 e. The average Bonchev–Trinajstić information content (AvgIpc) is 3.52. The van der Waals surface area contributed by atoms with Crippen LogP contribution in [0.4, 0.5) is 10.6 Å². The van der Waals surface area contributed by atoms with E-state index in [9.17, 15) is 19.5 Å². The van der Waals surface area contributed by atoms with Crippen LogP contribution in [0.3, 0.4) is 0 Å². The topological polar surface area (TPSA) is 170 Å². The van der Waals surface area contributed by atoms with Gasteiger partial charge in [-0.3, -0.25) is 14.7 Å². The fraction of sp³-hybridized carbons (Fsp3) is 0.375. The van der Waals surface area contributed by atoms with Crippen LogP contribution in [0, 0.1) is 0 Å². The molecular weight excluding hydrogens is 594 g/mol. The maximum Gasteiger partial charge on any atom is 0.326 e. The number of ether oxygens (including phenoxy) is 3. The van der Waals surface area contributed by atoms with Crippen LogP contribution in [0.25, 0.3) is 11.2 Å². The van der Waals surface area contributed by atoms with Crippen molar-refractivity contribution in [1.82, 2.24) is 29.7 Å². The highest BCUT2D eigenvalue weighted by Crippen LogP contribution is 2.46. The minimum atomic E-state index is -1.12. The molecule has 4 aromatic rings. The number of anilines is 1. The van der Waals surface area contributed by atoms with Gasteiger partial charge in [-0.25, -0.2) is 24.5 Å². The number of benzene rings is 2. The number of rotatable bonds is 7. The summed E-state index contributed by atoms with van der Waals surface area (Å²) in [5.41, 5.74) is 2.63. The molecule has 5 heterocycles. The Kier molecular flexibility index (Phi) is 7.11. The lowest BCUT2D eigenvalue weighted by Crippen LogP contribution is -2.49. The predicted octanol–water partition coefficient (Wildman–Crippen LogP) is 2.96. The van der Waals surface area contributed by atoms with Gasteiger partial charge in [-0.1, -0.05) is 60.7 Å². The summed E-state index contributed by atoms with van der Waals surface area (Å²) < 4.78 is 20.6. The third-order valence-corrected chi connectivity index (χ3v) is 9.09. The third kappa shape index (κ3) is 5.04. The van der Waals surface area contributed by atoms with Gasteiger partial charge < -0.3 is 29.5 Å². The number of fused-ring (bicyclic) bond motifs is 2. The summed E-state index contributed by atoms with van der Waals surface area (Å²) in [5, 5.41) is 15.5. The summed E-state index contributed by atoms with van der Waals surface area (Å²) in [6, 6.07) is 18.1. The molecule has 0 radical (unpaired) electrons. The van der Waals surface area contributed by atoms with Crippen molar-refractivity contribution in [3.63, 3.8) is 0 Å². The van der Waals surface area contributed by atoms with Crippen molar-refractivity contribution in [2.45, 2.75) is 68.1 Å². The molecule has 3 aliphatic heterocycles. The lowest BCUT2D eigenvalue weighted by atomic mass is 10.1. The van der Waals surface area contributed by atoms with Crippen LogP contribution < -0.4 is 10.6 Å². The van der Waals surface area contributed by atoms with Crippen LogP contribution in [-0.4, -0.2) is 84.4 Å². The summed E-state index contributed by atoms with van der Waals surface area (Å²) in [7, 11) is 0. The van der Waals surface area contributed by atoms with Gasteiger partial charge in [0.05, 0.1) is 6.33 Å². The number of carbonyl (C=O) groups is 3. The maximum absolute atomic E-state index is 13.8. The van der Waals surface area contributed by atoms with Gasteiger partial charge in [-0.15, -0.1) is 0 Å². The second-order valence-electron chi connectivity index (χ2n) is 11.9. The molecular formula is C32H31N7O7. The average molecular weight is 626 g/mol. The van der Waals surface area contributed by atoms with E-state index in [0.717, 1.165) is 12.0 Å². The van der Waals surface area contributed by atoms with E-state index in [4.69, 9.17) is 14.2 Å². The molecule has 3 N–H and O–H groups in total. The molecule has 8 rings (SSSR count). The molecule has 14 heteroatoms. The molecule has 4 fully saturated rings. The Morgan fingerprint density at radius 2 is 1.63 bits per heavy atom. The normalized spacial score (nSPS) is 29.9. The van der Waals surface area contributed by atoms with Crippen molar-refractivity contribution in [3.05, 3.63) is 84.4 Å². The van der Waals surface area contributed by atoms with Crippen LogP contribution >= 0.6 is 0 Å². The SMILES string of the molecule is O=C(Nc1ncnc2c1ncn2C1OC(C(=O)N2CCCC2C(=O)O)C2OC(c3ccccc3)OC21)NC1CC1c1ccccc1. The van der Waals surface area contributed by atoms with Gasteiger partial charge in [-0.05, 0) is 24.8 Å². The number of hydrogen-bond acceptors (Lipinski definition) is 9. The third-order valence-electron chi connectivity index (χ3n) is 9.09. The molecule has 3 amide bonds. The fourth-order valence-electron chi connectivity index (χ4n) is 6.76. The summed E-state index contributed by atoms with van der Waals surface area (Å²) >= 11 is 0. The number of carbonyl (C=O) groups excluding carboxylic acids is 2. The number of nitrogens with zero attached hydrogens (tertiary/aromatic N) is 5. The highest BCUT2D eigenvalue weighted by Gasteiger charge is 2.58. The molecule has 2 aromatic heterocycles. The van der Waals surface area contributed by atoms with E-state index in [1.807, 2.05) is 48.5 Å². The number of nitrogens with one attached hydrogen (secondary N) is 2. The van der Waals surface area contributed by atoms with E-state index >= 15 is 0 Å². The highest BCUT2D eigenvalue weighted by molar-refractivity contribution is 5.96. The summed E-state index contributed by atoms with van der Waals surface area (Å²) in [5.74, 6) is -1.04. The Morgan fingerprint density at radius 3 is 2.39 bits per heavy atom. The first-order valence-electron chi connectivity index (χ1n) is 15.3. The Balaban J connectivity index is 1.05. The van der Waals surface area contributed by atoms with Crippen LogP contribution in [0.2, 0.25) is 0 Å². The lowest BCUT2D eigenvalue weighted by molar-refractivity contribution is -0.171. The van der Waals surface area contributed by atoms with Crippen LogP contribution in [0.5, 0.6) is 0 Å². The zero-order valence-corrected chi connectivity index (χ0v) is 24.5. The molecule has 1 aliphatic carbocycles. The van der Waals surface area contributed by atoms with E-state index in [0.29, 0.717) is 30.6 Å². The van der Waals surface area contributed by atoms with Crippen molar-refractivity contribution in [2.75, 3.05) is 11.9 Å². The van der Waals surface area contributed by atoms with Gasteiger partial charge in [0.1, 0.15) is 24.6 Å². The van der Waals surface area contributed by atoms with Crippen molar-refractivity contribution >= 4 is 34.9 Å². The Labute approximate surface area is 262 Å². The molecule has 4 aliphatic rings. The predicted molar refractivity (Wildman–Crippen MR) is 160 cm³/mol. The molecule has 46 heavy (non-hydrogen) atoms. The molecule has 0 spiro atoms. The van der Waals surface area contributed by atoms with Crippen LogP contribution in [0.1, 0.15) is 48.8 Å². The van der Waals surface area contributed by atoms with Crippen molar-refractivity contribution in [3.8, 4) is 0 Å². The minimum absolute atomic E-state index is 0.0176. The monoisotopic (exact) mass is 625 g/mol. The number of likely N-dealkylation sites (tertiary alicyclic amines) is 1. The standard InChI is InChI=1S/C32H31N7O7/c40-28(38-13-7-12-21(38)30(41)42)24-23-25(46-31(45-23)18-10-5-2-6-11-18)29(44-24)39-16-35-22-26(33-15-34-27(22)39)37-32(43)36-20-14-19(20)17-8-3-1-4-9-17/h1-6,8-11,15-16,19-21,23-25,29,31H,7,12-14H2,(H,41,42)(H2,33,34,36,37,43). The molecule has 236 valence electrons. The van der Waals surface area contributed by atoms with E-state index in [2.05, 4.69) is 37.7 Å². The number of carboxylic acids is 1. The number of imidazole rings is 1. The number of aliphatic carboxylic acids is 1. The first kappa shape index (κ1) is 28.5. The van der Waals surface area contributed by atoms with Crippen molar-refractivity contribution in [2.24, 2.45) is 0 Å². The molecule has 8 unspecified atom stereocenters. The van der Waals surface area contributed by atoms with Crippen molar-refractivity contribution in [1.29, 1.82) is 0 Å². The highest BCUT2D eigenvalue weighted by atomic mass is 16.8. The molecule has 3 saturated heterocycles. The Morgan fingerprint density at radius 1 is 0.891 bits per heavy atom. The number of hydrogen-bond donors (Lipinski definition) is 3. The second kappa shape index (κ2) is 11.5. The minimum Gasteiger partial charge on any atom is -0.480 e. The zero-order chi connectivity index (χ0) is 31.4. The summed E-state index contributed by atoms with van der Waals surface area (Å²) in [4.78, 5) is 53.1. The van der Waals surface area contributed by atoms with E-state index in [1.54, 1.807) is 4.57 Å². The van der Waals surface area contributed by atoms with E-state index in [1.165, 1.54) is 23.1 Å². The van der Waals surface area contributed by atoms with Crippen molar-refractivity contribution < 1.29 is 33.7 Å². The largest absolute Gasteiger partial charge is 0.480 e. The number of amides is 3. The first-order valence-corrected chi connectivity index (χ1v) is 15.3. The van der Waals surface area contributed by atoms with Gasteiger partial charge in [0.15, 0.2) is 35.6 Å². The number of aromatic nitrogens is 4. The molecule has 1 saturated carbocycles. The van der Waals surface area contributed by atoms with E-state index in [-0.39, 0.29) is 17.8 Å². The second-order valence-corrected chi connectivity index (χ2v) is 11.9. The number of carboxylic acid groups (broad SMARTS) is 1. The van der Waals surface area contributed by atoms with Gasteiger partial charge in [0, 0.05) is 24.1 Å². The summed E-state index contributed by atoms with van der Waals surface area (Å²) in [6.45, 7) is 0.311. The molecule has 8 atom stereocenters. The van der Waals surface area contributed by atoms with Gasteiger partial charge in [0.25, 0.3) is 5.91 Å².